The van der Waals surface area contributed by atoms with Crippen LogP contribution in [0.1, 0.15) is 6.42 Å². The summed E-state index contributed by atoms with van der Waals surface area (Å²) in [6, 6.07) is 3.39. The number of nitrogens with zero attached hydrogens (tertiary/aromatic N) is 3. The van der Waals surface area contributed by atoms with Crippen LogP contribution in [0.15, 0.2) is 12.1 Å². The van der Waals surface area contributed by atoms with E-state index in [0.717, 1.165) is 3.70 Å². The van der Waals surface area contributed by atoms with E-state index in [1.54, 1.807) is 12.1 Å². The number of carboxylic acid groups (broad SMARTS) is 1. The van der Waals surface area contributed by atoms with Gasteiger partial charge in [0.25, 0.3) is 0 Å². The standard InChI is InChI=1S/C9H8IN3O3/c10-6-1-2-7(12-11-6)13-4-5(9(15)16)3-8(13)14/h1-2,5H,3-4H2,(H,15,16). The van der Waals surface area contributed by atoms with Gasteiger partial charge in [-0.2, -0.15) is 0 Å². The molecule has 0 radical (unpaired) electrons. The Labute approximate surface area is 105 Å². The number of hydrogen-bond donors (Lipinski definition) is 1. The van der Waals surface area contributed by atoms with Crippen LogP contribution in [0.4, 0.5) is 5.82 Å². The van der Waals surface area contributed by atoms with E-state index in [4.69, 9.17) is 5.11 Å². The fourth-order valence-corrected chi connectivity index (χ4v) is 1.84. The van der Waals surface area contributed by atoms with Gasteiger partial charge in [-0.05, 0) is 34.7 Å². The van der Waals surface area contributed by atoms with Crippen molar-refractivity contribution in [3.63, 3.8) is 0 Å². The molecule has 1 N–H and O–H groups in total. The number of carbonyl (C=O) groups is 2. The maximum absolute atomic E-state index is 11.6. The van der Waals surface area contributed by atoms with Crippen molar-refractivity contribution in [2.45, 2.75) is 6.42 Å². The number of aliphatic carboxylic acids is 1. The summed E-state index contributed by atoms with van der Waals surface area (Å²) in [6.07, 6.45) is 0.0308. The summed E-state index contributed by atoms with van der Waals surface area (Å²) >= 11 is 2.01. The number of anilines is 1. The number of carboxylic acids is 1. The fourth-order valence-electron chi connectivity index (χ4n) is 1.55. The number of amides is 1. The van der Waals surface area contributed by atoms with Crippen LogP contribution in [0.3, 0.4) is 0 Å². The first-order chi connectivity index (χ1) is 7.58. The summed E-state index contributed by atoms with van der Waals surface area (Å²) in [5, 5.41) is 16.5. The molecule has 0 spiro atoms. The molecular weight excluding hydrogens is 325 g/mol. The molecule has 1 unspecified atom stereocenters. The largest absolute Gasteiger partial charge is 0.481 e. The molecule has 16 heavy (non-hydrogen) atoms. The zero-order valence-electron chi connectivity index (χ0n) is 8.13. The molecule has 1 saturated heterocycles. The molecular formula is C9H8IN3O3. The molecule has 1 atom stereocenters. The smallest absolute Gasteiger partial charge is 0.308 e. The van der Waals surface area contributed by atoms with Gasteiger partial charge in [0.2, 0.25) is 5.91 Å². The van der Waals surface area contributed by atoms with E-state index in [2.05, 4.69) is 10.2 Å². The normalized spacial score (nSPS) is 20.2. The van der Waals surface area contributed by atoms with Crippen LogP contribution in [-0.2, 0) is 9.59 Å². The van der Waals surface area contributed by atoms with Crippen molar-refractivity contribution < 1.29 is 14.7 Å². The molecule has 84 valence electrons. The highest BCUT2D eigenvalue weighted by molar-refractivity contribution is 14.1. The van der Waals surface area contributed by atoms with Crippen LogP contribution in [0.5, 0.6) is 0 Å². The van der Waals surface area contributed by atoms with Crippen LogP contribution in [0, 0.1) is 9.62 Å². The number of aromatic nitrogens is 2. The van der Waals surface area contributed by atoms with Crippen LogP contribution in [0.25, 0.3) is 0 Å². The predicted molar refractivity (Wildman–Crippen MR) is 62.8 cm³/mol. The first kappa shape index (κ1) is 11.2. The fraction of sp³-hybridized carbons (Fsp3) is 0.333. The lowest BCUT2D eigenvalue weighted by Crippen LogP contribution is -2.26. The summed E-state index contributed by atoms with van der Waals surface area (Å²) < 4.78 is 0.725. The van der Waals surface area contributed by atoms with E-state index in [0.29, 0.717) is 5.82 Å². The molecule has 1 aliphatic rings. The molecule has 1 fully saturated rings. The van der Waals surface area contributed by atoms with Crippen LogP contribution in [0.2, 0.25) is 0 Å². The average Bonchev–Trinajstić information content (AvgIpc) is 2.62. The second-order valence-corrected chi connectivity index (χ2v) is 4.56. The number of halogens is 1. The quantitative estimate of drug-likeness (QED) is 0.798. The summed E-state index contributed by atoms with van der Waals surface area (Å²) in [5.74, 6) is -1.40. The average molecular weight is 333 g/mol. The van der Waals surface area contributed by atoms with Gasteiger partial charge in [-0.1, -0.05) is 0 Å². The third-order valence-corrected chi connectivity index (χ3v) is 2.94. The molecule has 0 aromatic carbocycles. The minimum absolute atomic E-state index is 0.0308. The monoisotopic (exact) mass is 333 g/mol. The van der Waals surface area contributed by atoms with E-state index in [-0.39, 0.29) is 18.9 Å². The molecule has 1 amide bonds. The van der Waals surface area contributed by atoms with Crippen molar-refractivity contribution in [1.82, 2.24) is 10.2 Å². The van der Waals surface area contributed by atoms with Gasteiger partial charge >= 0.3 is 5.97 Å². The first-order valence-electron chi connectivity index (χ1n) is 4.60. The van der Waals surface area contributed by atoms with Gasteiger partial charge in [-0.3, -0.25) is 14.5 Å². The lowest BCUT2D eigenvalue weighted by Gasteiger charge is -2.13. The summed E-state index contributed by atoms with van der Waals surface area (Å²) in [7, 11) is 0. The van der Waals surface area contributed by atoms with E-state index >= 15 is 0 Å². The van der Waals surface area contributed by atoms with Crippen molar-refractivity contribution in [3.8, 4) is 0 Å². The minimum Gasteiger partial charge on any atom is -0.481 e. The van der Waals surface area contributed by atoms with E-state index in [1.165, 1.54) is 4.90 Å². The highest BCUT2D eigenvalue weighted by Crippen LogP contribution is 2.23. The first-order valence-corrected chi connectivity index (χ1v) is 5.68. The van der Waals surface area contributed by atoms with Crippen LogP contribution in [-0.4, -0.2) is 33.7 Å². The Morgan fingerprint density at radius 3 is 2.75 bits per heavy atom. The molecule has 1 aromatic rings. The molecule has 2 rings (SSSR count). The van der Waals surface area contributed by atoms with Crippen LogP contribution >= 0.6 is 22.6 Å². The van der Waals surface area contributed by atoms with E-state index in [1.807, 2.05) is 22.6 Å². The van der Waals surface area contributed by atoms with Crippen molar-refractivity contribution in [1.29, 1.82) is 0 Å². The Kier molecular flexibility index (Phi) is 3.03. The maximum Gasteiger partial charge on any atom is 0.308 e. The highest BCUT2D eigenvalue weighted by Gasteiger charge is 2.35. The predicted octanol–water partition coefficient (Wildman–Crippen LogP) is 0.519. The summed E-state index contributed by atoms with van der Waals surface area (Å²) in [6.45, 7) is 0.170. The number of carbonyl (C=O) groups excluding carboxylic acids is 1. The molecule has 1 aromatic heterocycles. The van der Waals surface area contributed by atoms with Gasteiger partial charge in [0.15, 0.2) is 5.82 Å². The Morgan fingerprint density at radius 2 is 2.25 bits per heavy atom. The van der Waals surface area contributed by atoms with Gasteiger partial charge in [0, 0.05) is 13.0 Å². The third kappa shape index (κ3) is 2.13. The van der Waals surface area contributed by atoms with Gasteiger partial charge in [0.1, 0.15) is 3.70 Å². The van der Waals surface area contributed by atoms with Crippen molar-refractivity contribution in [2.24, 2.45) is 5.92 Å². The number of hydrogen-bond acceptors (Lipinski definition) is 4. The number of rotatable bonds is 2. The van der Waals surface area contributed by atoms with Crippen molar-refractivity contribution >= 4 is 40.3 Å². The van der Waals surface area contributed by atoms with E-state index in [9.17, 15) is 9.59 Å². The Balaban J connectivity index is 2.20. The van der Waals surface area contributed by atoms with Gasteiger partial charge in [-0.25, -0.2) is 0 Å². The molecule has 7 heteroatoms. The molecule has 2 heterocycles. The lowest BCUT2D eigenvalue weighted by molar-refractivity contribution is -0.141. The Hall–Kier alpha value is -1.25. The summed E-state index contributed by atoms with van der Waals surface area (Å²) in [5.41, 5.74) is 0. The zero-order chi connectivity index (χ0) is 11.7. The Bertz CT molecular complexity index is 434. The minimum atomic E-state index is -0.950. The molecule has 6 nitrogen and oxygen atoms in total. The molecule has 0 aliphatic carbocycles. The van der Waals surface area contributed by atoms with E-state index < -0.39 is 11.9 Å². The zero-order valence-corrected chi connectivity index (χ0v) is 10.3. The molecule has 0 bridgehead atoms. The van der Waals surface area contributed by atoms with Crippen molar-refractivity contribution in [2.75, 3.05) is 11.4 Å². The van der Waals surface area contributed by atoms with Gasteiger partial charge in [-0.15, -0.1) is 10.2 Å². The topological polar surface area (TPSA) is 83.4 Å². The highest BCUT2D eigenvalue weighted by atomic mass is 127. The third-order valence-electron chi connectivity index (χ3n) is 2.37. The van der Waals surface area contributed by atoms with Gasteiger partial charge in [0.05, 0.1) is 5.92 Å². The molecule has 0 saturated carbocycles. The second-order valence-electron chi connectivity index (χ2n) is 3.46. The SMILES string of the molecule is O=C(O)C1CC(=O)N(c2ccc(I)nn2)C1. The Morgan fingerprint density at radius 1 is 1.50 bits per heavy atom. The lowest BCUT2D eigenvalue weighted by atomic mass is 10.1. The van der Waals surface area contributed by atoms with Crippen LogP contribution < -0.4 is 4.90 Å². The van der Waals surface area contributed by atoms with Gasteiger partial charge < -0.3 is 5.11 Å². The molecule has 1 aliphatic heterocycles. The van der Waals surface area contributed by atoms with Crippen molar-refractivity contribution in [3.05, 3.63) is 15.8 Å². The summed E-state index contributed by atoms with van der Waals surface area (Å²) in [4.78, 5) is 23.7. The maximum atomic E-state index is 11.6. The second kappa shape index (κ2) is 4.32.